The molecule has 1 amide bonds. The van der Waals surface area contributed by atoms with Crippen molar-refractivity contribution in [3.8, 4) is 5.75 Å². The first-order valence-corrected chi connectivity index (χ1v) is 8.59. The van der Waals surface area contributed by atoms with E-state index in [1.807, 2.05) is 53.4 Å². The van der Waals surface area contributed by atoms with Crippen molar-refractivity contribution < 1.29 is 9.53 Å². The molecule has 0 atom stereocenters. The second kappa shape index (κ2) is 7.82. The van der Waals surface area contributed by atoms with Crippen LogP contribution < -0.4 is 9.64 Å². The number of carbonyl (C=O) groups is 1. The first-order valence-electron chi connectivity index (χ1n) is 8.59. The monoisotopic (exact) mass is 321 g/mol. The molecule has 2 aromatic rings. The van der Waals surface area contributed by atoms with Crippen LogP contribution in [0.5, 0.6) is 5.75 Å². The number of hydrogen-bond donors (Lipinski definition) is 0. The molecule has 0 saturated carbocycles. The Balaban J connectivity index is 1.77. The summed E-state index contributed by atoms with van der Waals surface area (Å²) in [5.74, 6) is 0.842. The lowest BCUT2D eigenvalue weighted by Crippen LogP contribution is -2.34. The molecular weight excluding hydrogens is 298 g/mol. The highest BCUT2D eigenvalue weighted by Gasteiger charge is 2.20. The number of aryl methyl sites for hydroxylation is 1. The zero-order valence-electron chi connectivity index (χ0n) is 14.1. The average Bonchev–Trinajstić information content (AvgIpc) is 2.64. The summed E-state index contributed by atoms with van der Waals surface area (Å²) in [6, 6.07) is 16.0. The van der Waals surface area contributed by atoms with E-state index in [2.05, 4.69) is 13.0 Å². The van der Waals surface area contributed by atoms with Gasteiger partial charge < -0.3 is 9.64 Å². The lowest BCUT2D eigenvalue weighted by molar-refractivity contribution is -0.114. The fraction of sp³-hybridized carbons (Fsp3) is 0.286. The number of nitrogens with zero attached hydrogens (tertiary/aromatic N) is 1. The Morgan fingerprint density at radius 2 is 1.96 bits per heavy atom. The molecule has 0 bridgehead atoms. The molecule has 124 valence electrons. The van der Waals surface area contributed by atoms with Crippen molar-refractivity contribution in [1.82, 2.24) is 0 Å². The molecule has 0 unspecified atom stereocenters. The second-order valence-electron chi connectivity index (χ2n) is 5.94. The maximum absolute atomic E-state index is 12.7. The van der Waals surface area contributed by atoms with E-state index in [4.69, 9.17) is 4.74 Å². The molecule has 0 spiro atoms. The fourth-order valence-electron chi connectivity index (χ4n) is 2.98. The van der Waals surface area contributed by atoms with Crippen LogP contribution in [0.3, 0.4) is 0 Å². The van der Waals surface area contributed by atoms with Crippen molar-refractivity contribution in [2.24, 2.45) is 0 Å². The summed E-state index contributed by atoms with van der Waals surface area (Å²) in [7, 11) is 0. The molecule has 2 aromatic carbocycles. The van der Waals surface area contributed by atoms with Crippen molar-refractivity contribution in [2.45, 2.75) is 26.2 Å². The van der Waals surface area contributed by atoms with Gasteiger partial charge in [-0.05, 0) is 43.0 Å². The summed E-state index contributed by atoms with van der Waals surface area (Å²) in [6.45, 7) is 3.53. The van der Waals surface area contributed by atoms with Gasteiger partial charge in [-0.3, -0.25) is 4.79 Å². The van der Waals surface area contributed by atoms with Crippen molar-refractivity contribution >= 4 is 17.7 Å². The quantitative estimate of drug-likeness (QED) is 0.761. The van der Waals surface area contributed by atoms with Crippen LogP contribution >= 0.6 is 0 Å². The molecular formula is C21H23NO2. The standard InChI is InChI=1S/C21H23NO2/c1-2-16-24-20-12-6-4-9-18(20)13-14-21(23)22-15-7-10-17-8-3-5-11-19(17)22/h3-6,8-9,11-14H,2,7,10,15-16H2,1H3/b14-13+. The molecule has 0 aromatic heterocycles. The Morgan fingerprint density at radius 3 is 2.83 bits per heavy atom. The minimum Gasteiger partial charge on any atom is -0.493 e. The molecule has 0 aliphatic carbocycles. The Bertz CT molecular complexity index is 736. The van der Waals surface area contributed by atoms with E-state index in [0.717, 1.165) is 42.8 Å². The third-order valence-electron chi connectivity index (χ3n) is 4.16. The minimum atomic E-state index is 0.0208. The molecule has 3 nitrogen and oxygen atoms in total. The Labute approximate surface area is 143 Å². The van der Waals surface area contributed by atoms with E-state index in [-0.39, 0.29) is 5.91 Å². The summed E-state index contributed by atoms with van der Waals surface area (Å²) < 4.78 is 5.74. The molecule has 1 aliphatic heterocycles. The maximum atomic E-state index is 12.7. The van der Waals surface area contributed by atoms with Crippen molar-refractivity contribution in [2.75, 3.05) is 18.1 Å². The number of fused-ring (bicyclic) bond motifs is 1. The lowest BCUT2D eigenvalue weighted by Gasteiger charge is -2.28. The third kappa shape index (κ3) is 3.67. The van der Waals surface area contributed by atoms with E-state index in [0.29, 0.717) is 6.61 Å². The number of benzene rings is 2. The zero-order chi connectivity index (χ0) is 16.8. The largest absolute Gasteiger partial charge is 0.493 e. The average molecular weight is 321 g/mol. The predicted octanol–water partition coefficient (Wildman–Crippen LogP) is 4.47. The van der Waals surface area contributed by atoms with E-state index in [1.54, 1.807) is 6.08 Å². The number of amides is 1. The van der Waals surface area contributed by atoms with Crippen LogP contribution in [0, 0.1) is 0 Å². The van der Waals surface area contributed by atoms with E-state index < -0.39 is 0 Å². The third-order valence-corrected chi connectivity index (χ3v) is 4.16. The molecule has 0 radical (unpaired) electrons. The lowest BCUT2D eigenvalue weighted by atomic mass is 10.0. The minimum absolute atomic E-state index is 0.0208. The maximum Gasteiger partial charge on any atom is 0.250 e. The molecule has 1 heterocycles. The van der Waals surface area contributed by atoms with Gasteiger partial charge in [-0.15, -0.1) is 0 Å². The van der Waals surface area contributed by atoms with Crippen LogP contribution in [-0.4, -0.2) is 19.1 Å². The fourth-order valence-corrected chi connectivity index (χ4v) is 2.98. The van der Waals surface area contributed by atoms with Gasteiger partial charge in [0, 0.05) is 23.9 Å². The summed E-state index contributed by atoms with van der Waals surface area (Å²) in [5, 5.41) is 0. The van der Waals surface area contributed by atoms with Gasteiger partial charge in [-0.2, -0.15) is 0 Å². The molecule has 3 heteroatoms. The van der Waals surface area contributed by atoms with Crippen LogP contribution in [0.15, 0.2) is 54.6 Å². The SMILES string of the molecule is CCCOc1ccccc1/C=C/C(=O)N1CCCc2ccccc21. The van der Waals surface area contributed by atoms with Gasteiger partial charge in [0.15, 0.2) is 0 Å². The smallest absolute Gasteiger partial charge is 0.250 e. The van der Waals surface area contributed by atoms with Gasteiger partial charge in [-0.1, -0.05) is 43.3 Å². The highest BCUT2D eigenvalue weighted by molar-refractivity contribution is 6.04. The second-order valence-corrected chi connectivity index (χ2v) is 5.94. The van der Waals surface area contributed by atoms with Gasteiger partial charge in [-0.25, -0.2) is 0 Å². The molecule has 1 aliphatic rings. The molecule has 0 saturated heterocycles. The topological polar surface area (TPSA) is 29.5 Å². The van der Waals surface area contributed by atoms with Gasteiger partial charge in [0.2, 0.25) is 0 Å². The van der Waals surface area contributed by atoms with E-state index in [9.17, 15) is 4.79 Å². The molecule has 24 heavy (non-hydrogen) atoms. The predicted molar refractivity (Wildman–Crippen MR) is 98.4 cm³/mol. The first-order chi connectivity index (χ1) is 11.8. The summed E-state index contributed by atoms with van der Waals surface area (Å²) in [6.07, 6.45) is 6.51. The van der Waals surface area contributed by atoms with Crippen LogP contribution in [0.25, 0.3) is 6.08 Å². The Kier molecular flexibility index (Phi) is 5.32. The number of rotatable bonds is 5. The zero-order valence-corrected chi connectivity index (χ0v) is 14.1. The number of para-hydroxylation sites is 2. The summed E-state index contributed by atoms with van der Waals surface area (Å²) in [4.78, 5) is 14.5. The number of hydrogen-bond acceptors (Lipinski definition) is 2. The van der Waals surface area contributed by atoms with Crippen LogP contribution in [-0.2, 0) is 11.2 Å². The summed E-state index contributed by atoms with van der Waals surface area (Å²) in [5.41, 5.74) is 3.22. The van der Waals surface area contributed by atoms with Crippen LogP contribution in [0.2, 0.25) is 0 Å². The highest BCUT2D eigenvalue weighted by Crippen LogP contribution is 2.27. The van der Waals surface area contributed by atoms with E-state index >= 15 is 0 Å². The number of anilines is 1. The highest BCUT2D eigenvalue weighted by atomic mass is 16.5. The molecule has 0 fully saturated rings. The van der Waals surface area contributed by atoms with Gasteiger partial charge in [0.25, 0.3) is 5.91 Å². The first kappa shape index (κ1) is 16.3. The Hall–Kier alpha value is -2.55. The number of carbonyl (C=O) groups excluding carboxylic acids is 1. The van der Waals surface area contributed by atoms with Crippen molar-refractivity contribution in [3.63, 3.8) is 0 Å². The van der Waals surface area contributed by atoms with Gasteiger partial charge in [0.1, 0.15) is 5.75 Å². The van der Waals surface area contributed by atoms with Crippen molar-refractivity contribution in [3.05, 3.63) is 65.7 Å². The van der Waals surface area contributed by atoms with Gasteiger partial charge >= 0.3 is 0 Å². The van der Waals surface area contributed by atoms with Crippen LogP contribution in [0.1, 0.15) is 30.9 Å². The number of ether oxygens (including phenoxy) is 1. The molecule has 0 N–H and O–H groups in total. The Morgan fingerprint density at radius 1 is 1.17 bits per heavy atom. The normalized spacial score (nSPS) is 13.8. The summed E-state index contributed by atoms with van der Waals surface area (Å²) >= 11 is 0. The van der Waals surface area contributed by atoms with E-state index in [1.165, 1.54) is 5.56 Å². The van der Waals surface area contributed by atoms with Crippen LogP contribution in [0.4, 0.5) is 5.69 Å². The molecule has 3 rings (SSSR count). The van der Waals surface area contributed by atoms with Crippen molar-refractivity contribution in [1.29, 1.82) is 0 Å². The van der Waals surface area contributed by atoms with Gasteiger partial charge in [0.05, 0.1) is 6.61 Å².